The van der Waals surface area contributed by atoms with Gasteiger partial charge in [0.15, 0.2) is 5.82 Å². The number of aromatic nitrogens is 1. The Kier molecular flexibility index (Phi) is 4.27. The van der Waals surface area contributed by atoms with Crippen molar-refractivity contribution in [3.63, 3.8) is 0 Å². The molecule has 1 amide bonds. The number of carbonyl (C=O) groups is 1. The summed E-state index contributed by atoms with van der Waals surface area (Å²) in [6, 6.07) is 6.16. The molecule has 0 spiro atoms. The van der Waals surface area contributed by atoms with Gasteiger partial charge in [0.25, 0.3) is 5.91 Å². The average Bonchev–Trinajstić information content (AvgIpc) is 2.76. The number of nitrogens with zero attached hydrogens (tertiary/aromatic N) is 1. The lowest BCUT2D eigenvalue weighted by molar-refractivity contribution is 0.101. The van der Waals surface area contributed by atoms with E-state index in [2.05, 4.69) is 21.2 Å². The van der Waals surface area contributed by atoms with Crippen LogP contribution in [0.15, 0.2) is 34.9 Å². The highest BCUT2D eigenvalue weighted by atomic mass is 79.9. The van der Waals surface area contributed by atoms with Crippen LogP contribution in [0, 0.1) is 5.82 Å². The van der Waals surface area contributed by atoms with Gasteiger partial charge in [-0.15, -0.1) is 0 Å². The lowest BCUT2D eigenvalue weighted by Crippen LogP contribution is -2.17. The van der Waals surface area contributed by atoms with E-state index in [1.54, 1.807) is 22.9 Å². The number of benzene rings is 1. The van der Waals surface area contributed by atoms with Gasteiger partial charge in [-0.05, 0) is 41.1 Å². The lowest BCUT2D eigenvalue weighted by Gasteiger charge is -2.09. The molecule has 0 bridgehead atoms. The topological polar surface area (TPSA) is 34.0 Å². The summed E-state index contributed by atoms with van der Waals surface area (Å²) in [4.78, 5) is 12.1. The fourth-order valence-electron chi connectivity index (χ4n) is 1.71. The zero-order valence-corrected chi connectivity index (χ0v) is 12.4. The molecule has 2 aromatic rings. The molecule has 0 saturated heterocycles. The quantitative estimate of drug-likeness (QED) is 0.883. The van der Waals surface area contributed by atoms with Gasteiger partial charge in [0.05, 0.1) is 10.7 Å². The van der Waals surface area contributed by atoms with Gasteiger partial charge in [-0.25, -0.2) is 4.39 Å². The van der Waals surface area contributed by atoms with Crippen molar-refractivity contribution in [3.05, 3.63) is 51.5 Å². The van der Waals surface area contributed by atoms with Crippen LogP contribution in [-0.2, 0) is 6.54 Å². The first-order chi connectivity index (χ1) is 9.02. The van der Waals surface area contributed by atoms with Crippen molar-refractivity contribution in [2.75, 3.05) is 5.32 Å². The van der Waals surface area contributed by atoms with Crippen molar-refractivity contribution >= 4 is 39.1 Å². The van der Waals surface area contributed by atoms with Gasteiger partial charge in [0.2, 0.25) is 0 Å². The molecule has 19 heavy (non-hydrogen) atoms. The normalized spacial score (nSPS) is 10.5. The zero-order chi connectivity index (χ0) is 14.0. The molecule has 1 heterocycles. The van der Waals surface area contributed by atoms with Crippen LogP contribution in [0.1, 0.15) is 17.4 Å². The predicted molar refractivity (Wildman–Crippen MR) is 77.2 cm³/mol. The molecule has 3 nitrogen and oxygen atoms in total. The summed E-state index contributed by atoms with van der Waals surface area (Å²) in [7, 11) is 0. The van der Waals surface area contributed by atoms with E-state index in [9.17, 15) is 9.18 Å². The number of hydrogen-bond donors (Lipinski definition) is 1. The third-order valence-electron chi connectivity index (χ3n) is 2.64. The fraction of sp³-hybridized carbons (Fsp3) is 0.154. The molecule has 1 N–H and O–H groups in total. The molecule has 2 rings (SSSR count). The first-order valence-electron chi connectivity index (χ1n) is 5.64. The molecule has 0 radical (unpaired) electrons. The fourth-order valence-corrected chi connectivity index (χ4v) is 2.35. The van der Waals surface area contributed by atoms with Crippen LogP contribution in [0.25, 0.3) is 0 Å². The van der Waals surface area contributed by atoms with Gasteiger partial charge < -0.3 is 9.88 Å². The van der Waals surface area contributed by atoms with Crippen molar-refractivity contribution in [2.24, 2.45) is 0 Å². The minimum Gasteiger partial charge on any atom is -0.343 e. The highest BCUT2D eigenvalue weighted by Crippen LogP contribution is 2.23. The van der Waals surface area contributed by atoms with E-state index >= 15 is 0 Å². The van der Waals surface area contributed by atoms with Gasteiger partial charge in [-0.3, -0.25) is 4.79 Å². The molecule has 0 atom stereocenters. The number of halogens is 3. The summed E-state index contributed by atoms with van der Waals surface area (Å²) < 4.78 is 16.3. The summed E-state index contributed by atoms with van der Waals surface area (Å²) in [6.07, 6.45) is 1.79. The Balaban J connectivity index is 2.28. The molecule has 0 aliphatic carbocycles. The monoisotopic (exact) mass is 344 g/mol. The Bertz CT molecular complexity index is 627. The van der Waals surface area contributed by atoms with Crippen LogP contribution in [0.5, 0.6) is 0 Å². The Morgan fingerprint density at radius 3 is 2.95 bits per heavy atom. The SMILES string of the molecule is CCn1cc(Br)cc1C(=O)Nc1cccc(Cl)c1F. The summed E-state index contributed by atoms with van der Waals surface area (Å²) >= 11 is 8.97. The van der Waals surface area contributed by atoms with Crippen LogP contribution < -0.4 is 5.32 Å². The van der Waals surface area contributed by atoms with Gasteiger partial charge in [0, 0.05) is 17.2 Å². The van der Waals surface area contributed by atoms with E-state index in [-0.39, 0.29) is 16.6 Å². The minimum atomic E-state index is -0.633. The van der Waals surface area contributed by atoms with Gasteiger partial charge in [-0.2, -0.15) is 0 Å². The van der Waals surface area contributed by atoms with Crippen molar-refractivity contribution in [1.29, 1.82) is 0 Å². The van der Waals surface area contributed by atoms with Crippen molar-refractivity contribution in [1.82, 2.24) is 4.57 Å². The second-order valence-electron chi connectivity index (χ2n) is 3.89. The number of anilines is 1. The van der Waals surface area contributed by atoms with Gasteiger partial charge in [-0.1, -0.05) is 17.7 Å². The molecule has 0 fully saturated rings. The molecule has 0 aliphatic heterocycles. The zero-order valence-electron chi connectivity index (χ0n) is 10.1. The maximum absolute atomic E-state index is 13.7. The number of hydrogen-bond acceptors (Lipinski definition) is 1. The van der Waals surface area contributed by atoms with E-state index < -0.39 is 5.82 Å². The number of amides is 1. The average molecular weight is 346 g/mol. The maximum atomic E-state index is 13.7. The van der Waals surface area contributed by atoms with E-state index in [0.717, 1.165) is 4.47 Å². The Labute approximate surface area is 123 Å². The van der Waals surface area contributed by atoms with Crippen molar-refractivity contribution in [2.45, 2.75) is 13.5 Å². The smallest absolute Gasteiger partial charge is 0.272 e. The van der Waals surface area contributed by atoms with Crippen LogP contribution in [0.4, 0.5) is 10.1 Å². The number of nitrogens with one attached hydrogen (secondary N) is 1. The summed E-state index contributed by atoms with van der Waals surface area (Å²) in [5, 5.41) is 2.49. The van der Waals surface area contributed by atoms with Crippen molar-refractivity contribution < 1.29 is 9.18 Å². The van der Waals surface area contributed by atoms with Gasteiger partial charge in [0.1, 0.15) is 5.69 Å². The largest absolute Gasteiger partial charge is 0.343 e. The van der Waals surface area contributed by atoms with Crippen LogP contribution in [0.3, 0.4) is 0 Å². The van der Waals surface area contributed by atoms with E-state index in [1.165, 1.54) is 12.1 Å². The maximum Gasteiger partial charge on any atom is 0.272 e. The highest BCUT2D eigenvalue weighted by Gasteiger charge is 2.15. The number of rotatable bonds is 3. The standard InChI is InChI=1S/C13H11BrClFN2O/c1-2-18-7-8(14)6-11(18)13(19)17-10-5-3-4-9(15)12(10)16/h3-7H,2H2,1H3,(H,17,19). The highest BCUT2D eigenvalue weighted by molar-refractivity contribution is 9.10. The molecule has 1 aromatic heterocycles. The van der Waals surface area contributed by atoms with Crippen LogP contribution in [-0.4, -0.2) is 10.5 Å². The summed E-state index contributed by atoms with van der Waals surface area (Å²) in [5.74, 6) is -1.01. The first kappa shape index (κ1) is 14.1. The lowest BCUT2D eigenvalue weighted by atomic mass is 10.3. The Hall–Kier alpha value is -1.33. The Morgan fingerprint density at radius 1 is 1.53 bits per heavy atom. The molecule has 0 unspecified atom stereocenters. The van der Waals surface area contributed by atoms with E-state index in [1.807, 2.05) is 6.92 Å². The number of aryl methyl sites for hydroxylation is 1. The van der Waals surface area contributed by atoms with Crippen LogP contribution >= 0.6 is 27.5 Å². The third-order valence-corrected chi connectivity index (χ3v) is 3.36. The predicted octanol–water partition coefficient (Wildman–Crippen LogP) is 4.32. The summed E-state index contributed by atoms with van der Waals surface area (Å²) in [6.45, 7) is 2.57. The molecule has 0 saturated carbocycles. The molecule has 100 valence electrons. The minimum absolute atomic E-state index is 0.0233. The molecule has 6 heteroatoms. The Morgan fingerprint density at radius 2 is 2.26 bits per heavy atom. The van der Waals surface area contributed by atoms with Crippen LogP contribution in [0.2, 0.25) is 5.02 Å². The first-order valence-corrected chi connectivity index (χ1v) is 6.81. The third kappa shape index (κ3) is 2.98. The summed E-state index contributed by atoms with van der Waals surface area (Å²) in [5.41, 5.74) is 0.520. The number of carbonyl (C=O) groups excluding carboxylic acids is 1. The van der Waals surface area contributed by atoms with Gasteiger partial charge >= 0.3 is 0 Å². The molecular formula is C13H11BrClFN2O. The van der Waals surface area contributed by atoms with E-state index in [4.69, 9.17) is 11.6 Å². The molecule has 1 aromatic carbocycles. The second-order valence-corrected chi connectivity index (χ2v) is 5.21. The van der Waals surface area contributed by atoms with Crippen molar-refractivity contribution in [3.8, 4) is 0 Å². The molecule has 0 aliphatic rings. The second kappa shape index (κ2) is 5.75. The van der Waals surface area contributed by atoms with E-state index in [0.29, 0.717) is 12.2 Å². The molecular weight excluding hydrogens is 335 g/mol.